The van der Waals surface area contributed by atoms with Gasteiger partial charge in [-0.3, -0.25) is 4.79 Å². The van der Waals surface area contributed by atoms with Crippen molar-refractivity contribution in [3.8, 4) is 5.75 Å². The molecule has 0 radical (unpaired) electrons. The molecule has 7 nitrogen and oxygen atoms in total. The molecule has 0 unspecified atom stereocenters. The van der Waals surface area contributed by atoms with Crippen LogP contribution in [-0.4, -0.2) is 70.9 Å². The maximum Gasteiger partial charge on any atom is 0.320 e. The van der Waals surface area contributed by atoms with Gasteiger partial charge in [0.05, 0.1) is 0 Å². The van der Waals surface area contributed by atoms with Gasteiger partial charge in [0.25, 0.3) is 5.91 Å². The van der Waals surface area contributed by atoms with Crippen molar-refractivity contribution < 1.29 is 14.3 Å². The topological polar surface area (TPSA) is 66.0 Å². The van der Waals surface area contributed by atoms with Gasteiger partial charge in [-0.15, -0.1) is 11.3 Å². The highest BCUT2D eigenvalue weighted by molar-refractivity contribution is 7.09. The van der Waals surface area contributed by atoms with Gasteiger partial charge < -0.3 is 19.4 Å². The van der Waals surface area contributed by atoms with E-state index in [0.717, 1.165) is 36.7 Å². The minimum Gasteiger partial charge on any atom is -0.486 e. The third-order valence-corrected chi connectivity index (χ3v) is 6.44. The lowest BCUT2D eigenvalue weighted by atomic mass is 10.1. The van der Waals surface area contributed by atoms with E-state index in [1.807, 2.05) is 41.0 Å². The van der Waals surface area contributed by atoms with Crippen LogP contribution >= 0.6 is 11.3 Å². The Morgan fingerprint density at radius 2 is 1.57 bits per heavy atom. The summed E-state index contributed by atoms with van der Waals surface area (Å²) in [6.07, 6.45) is 3.38. The van der Waals surface area contributed by atoms with Crippen molar-refractivity contribution in [2.45, 2.75) is 32.8 Å². The molecule has 1 aromatic carbocycles. The first-order valence-electron chi connectivity index (χ1n) is 10.6. The predicted molar refractivity (Wildman–Crippen MR) is 116 cm³/mol. The van der Waals surface area contributed by atoms with E-state index in [9.17, 15) is 9.59 Å². The number of rotatable bonds is 4. The first-order valence-corrected chi connectivity index (χ1v) is 11.4. The number of hydrogen-bond donors (Lipinski definition) is 0. The minimum atomic E-state index is -0.0714. The van der Waals surface area contributed by atoms with Crippen LogP contribution in [0.4, 0.5) is 4.79 Å². The number of nitrogens with zero attached hydrogens (tertiary/aromatic N) is 4. The van der Waals surface area contributed by atoms with E-state index in [0.29, 0.717) is 38.5 Å². The maximum absolute atomic E-state index is 12.8. The quantitative estimate of drug-likeness (QED) is 0.749. The van der Waals surface area contributed by atoms with Crippen molar-refractivity contribution in [1.82, 2.24) is 19.7 Å². The molecular formula is C22H28N4O3S. The number of benzene rings is 1. The van der Waals surface area contributed by atoms with E-state index in [-0.39, 0.29) is 11.9 Å². The fraction of sp³-hybridized carbons (Fsp3) is 0.500. The van der Waals surface area contributed by atoms with Crippen molar-refractivity contribution >= 4 is 23.3 Å². The van der Waals surface area contributed by atoms with Crippen LogP contribution in [0.5, 0.6) is 5.75 Å². The van der Waals surface area contributed by atoms with Gasteiger partial charge in [0.15, 0.2) is 0 Å². The van der Waals surface area contributed by atoms with E-state index in [4.69, 9.17) is 4.74 Å². The first kappa shape index (κ1) is 20.7. The fourth-order valence-corrected chi connectivity index (χ4v) is 4.48. The number of aromatic nitrogens is 1. The van der Waals surface area contributed by atoms with Crippen LogP contribution < -0.4 is 4.74 Å². The second kappa shape index (κ2) is 9.47. The summed E-state index contributed by atoms with van der Waals surface area (Å²) < 4.78 is 5.76. The highest BCUT2D eigenvalue weighted by atomic mass is 32.1. The molecule has 8 heteroatoms. The molecule has 0 spiro atoms. The SMILES string of the molecule is Cc1ccc(OCc2nc(C(=O)N3CCN(C(=O)N4CCCCC4)CC3)cs2)cc1. The molecule has 1 aromatic heterocycles. The molecule has 2 fully saturated rings. The van der Waals surface area contributed by atoms with Gasteiger partial charge in [-0.2, -0.15) is 0 Å². The zero-order valence-corrected chi connectivity index (χ0v) is 18.2. The number of carbonyl (C=O) groups excluding carboxylic acids is 2. The third kappa shape index (κ3) is 4.92. The predicted octanol–water partition coefficient (Wildman–Crippen LogP) is 3.39. The Bertz CT molecular complexity index is 869. The van der Waals surface area contributed by atoms with Crippen LogP contribution in [-0.2, 0) is 6.61 Å². The van der Waals surface area contributed by atoms with Crippen LogP contribution in [0.3, 0.4) is 0 Å². The summed E-state index contributed by atoms with van der Waals surface area (Å²) in [5.74, 6) is 0.719. The molecular weight excluding hydrogens is 400 g/mol. The molecule has 2 aliphatic heterocycles. The second-order valence-electron chi connectivity index (χ2n) is 7.84. The highest BCUT2D eigenvalue weighted by Gasteiger charge is 2.29. The van der Waals surface area contributed by atoms with Gasteiger partial charge in [-0.1, -0.05) is 17.7 Å². The fourth-order valence-electron chi connectivity index (χ4n) is 3.80. The van der Waals surface area contributed by atoms with E-state index in [1.54, 1.807) is 10.3 Å². The Morgan fingerprint density at radius 1 is 0.933 bits per heavy atom. The largest absolute Gasteiger partial charge is 0.486 e. The average molecular weight is 429 g/mol. The van der Waals surface area contributed by atoms with Gasteiger partial charge >= 0.3 is 6.03 Å². The van der Waals surface area contributed by atoms with Gasteiger partial charge in [0.1, 0.15) is 23.1 Å². The number of likely N-dealkylation sites (tertiary alicyclic amines) is 1. The smallest absolute Gasteiger partial charge is 0.320 e. The molecule has 2 aliphatic rings. The van der Waals surface area contributed by atoms with Crippen LogP contribution in [0.25, 0.3) is 0 Å². The maximum atomic E-state index is 12.8. The summed E-state index contributed by atoms with van der Waals surface area (Å²) in [5.41, 5.74) is 1.64. The Hall–Kier alpha value is -2.61. The summed E-state index contributed by atoms with van der Waals surface area (Å²) in [7, 11) is 0. The molecule has 30 heavy (non-hydrogen) atoms. The van der Waals surface area contributed by atoms with Gasteiger partial charge in [0, 0.05) is 44.6 Å². The lowest BCUT2D eigenvalue weighted by molar-refractivity contribution is 0.0628. The Labute approximate surface area is 181 Å². The molecule has 0 saturated carbocycles. The second-order valence-corrected chi connectivity index (χ2v) is 8.78. The average Bonchev–Trinajstić information content (AvgIpc) is 3.27. The molecule has 160 valence electrons. The van der Waals surface area contributed by atoms with E-state index < -0.39 is 0 Å². The van der Waals surface area contributed by atoms with Gasteiger partial charge in [-0.25, -0.2) is 9.78 Å². The molecule has 2 saturated heterocycles. The zero-order valence-electron chi connectivity index (χ0n) is 17.4. The van der Waals surface area contributed by atoms with Crippen LogP contribution in [0, 0.1) is 6.92 Å². The standard InChI is InChI=1S/C22H28N4O3S/c1-17-5-7-18(8-6-17)29-15-20-23-19(16-30-20)21(27)24-11-13-26(14-12-24)22(28)25-9-3-2-4-10-25/h5-8,16H,2-4,9-15H2,1H3. The number of ether oxygens (including phenoxy) is 1. The monoisotopic (exact) mass is 428 g/mol. The third-order valence-electron chi connectivity index (χ3n) is 5.62. The number of thiazole rings is 1. The summed E-state index contributed by atoms with van der Waals surface area (Å²) in [5, 5.41) is 2.57. The number of aryl methyl sites for hydroxylation is 1. The van der Waals surface area contributed by atoms with E-state index in [1.165, 1.54) is 23.3 Å². The molecule has 0 aliphatic carbocycles. The van der Waals surface area contributed by atoms with E-state index >= 15 is 0 Å². The van der Waals surface area contributed by atoms with Crippen molar-refractivity contribution in [1.29, 1.82) is 0 Å². The number of carbonyl (C=O) groups is 2. The van der Waals surface area contributed by atoms with Crippen LogP contribution in [0.1, 0.15) is 40.3 Å². The summed E-state index contributed by atoms with van der Waals surface area (Å²) >= 11 is 1.43. The first-order chi connectivity index (χ1) is 14.6. The normalized spacial score (nSPS) is 17.2. The summed E-state index contributed by atoms with van der Waals surface area (Å²) in [4.78, 5) is 35.5. The lowest BCUT2D eigenvalue weighted by Gasteiger charge is -2.38. The van der Waals surface area contributed by atoms with Gasteiger partial charge in [0.2, 0.25) is 0 Å². The van der Waals surface area contributed by atoms with Crippen molar-refractivity contribution in [2.75, 3.05) is 39.3 Å². The Balaban J connectivity index is 1.27. The number of amides is 3. The van der Waals surface area contributed by atoms with Crippen molar-refractivity contribution in [3.05, 3.63) is 45.9 Å². The summed E-state index contributed by atoms with van der Waals surface area (Å²) in [6, 6.07) is 7.98. The Kier molecular flexibility index (Phi) is 6.52. The summed E-state index contributed by atoms with van der Waals surface area (Å²) in [6.45, 7) is 6.33. The number of urea groups is 1. The van der Waals surface area contributed by atoms with E-state index in [2.05, 4.69) is 4.98 Å². The number of piperidine rings is 1. The molecule has 4 rings (SSSR count). The van der Waals surface area contributed by atoms with Crippen molar-refractivity contribution in [3.63, 3.8) is 0 Å². The molecule has 2 aromatic rings. The van der Waals surface area contributed by atoms with Gasteiger partial charge in [-0.05, 0) is 38.3 Å². The molecule has 0 bridgehead atoms. The molecule has 0 N–H and O–H groups in total. The number of hydrogen-bond acceptors (Lipinski definition) is 5. The Morgan fingerprint density at radius 3 is 2.27 bits per heavy atom. The van der Waals surface area contributed by atoms with Crippen molar-refractivity contribution in [2.24, 2.45) is 0 Å². The zero-order chi connectivity index (χ0) is 20.9. The molecule has 0 atom stereocenters. The minimum absolute atomic E-state index is 0.0714. The highest BCUT2D eigenvalue weighted by Crippen LogP contribution is 2.18. The number of piperazine rings is 1. The molecule has 3 amide bonds. The molecule has 3 heterocycles. The van der Waals surface area contributed by atoms with Crippen LogP contribution in [0.2, 0.25) is 0 Å². The van der Waals surface area contributed by atoms with Crippen LogP contribution in [0.15, 0.2) is 29.6 Å². The lowest BCUT2D eigenvalue weighted by Crippen LogP contribution is -2.54.